The van der Waals surface area contributed by atoms with Gasteiger partial charge in [-0.2, -0.15) is 0 Å². The van der Waals surface area contributed by atoms with Crippen LogP contribution in [0.15, 0.2) is 17.0 Å². The van der Waals surface area contributed by atoms with Crippen molar-refractivity contribution >= 4 is 11.8 Å². The van der Waals surface area contributed by atoms with Crippen molar-refractivity contribution in [3.8, 4) is 11.5 Å². The third kappa shape index (κ3) is 1.92. The maximum atomic E-state index is 9.63. The molecular formula is C11H14O3S. The highest BCUT2D eigenvalue weighted by molar-refractivity contribution is 7.98. The minimum Gasteiger partial charge on any atom is -0.486 e. The molecule has 1 heterocycles. The third-order valence-corrected chi connectivity index (χ3v) is 3.18. The van der Waals surface area contributed by atoms with Crippen LogP contribution in [0.2, 0.25) is 0 Å². The first-order valence-corrected chi connectivity index (χ1v) is 6.11. The zero-order chi connectivity index (χ0) is 10.8. The zero-order valence-electron chi connectivity index (χ0n) is 8.82. The van der Waals surface area contributed by atoms with Gasteiger partial charge in [0.15, 0.2) is 11.5 Å². The van der Waals surface area contributed by atoms with Gasteiger partial charge in [0.1, 0.15) is 13.2 Å². The molecule has 15 heavy (non-hydrogen) atoms. The molecule has 1 unspecified atom stereocenters. The number of aliphatic hydroxyl groups is 1. The highest BCUT2D eigenvalue weighted by atomic mass is 32.2. The predicted octanol–water partition coefficient (Wildman–Crippen LogP) is 2.23. The molecule has 1 atom stereocenters. The molecular weight excluding hydrogens is 212 g/mol. The number of ether oxygens (including phenoxy) is 2. The van der Waals surface area contributed by atoms with Crippen molar-refractivity contribution in [2.24, 2.45) is 0 Å². The lowest BCUT2D eigenvalue weighted by atomic mass is 10.1. The molecule has 1 aliphatic rings. The average molecular weight is 226 g/mol. The predicted molar refractivity (Wildman–Crippen MR) is 59.8 cm³/mol. The topological polar surface area (TPSA) is 38.7 Å². The minimum absolute atomic E-state index is 0.483. The van der Waals surface area contributed by atoms with Crippen LogP contribution in [0.5, 0.6) is 11.5 Å². The minimum atomic E-state index is -0.483. The van der Waals surface area contributed by atoms with Crippen LogP contribution in [0.3, 0.4) is 0 Å². The number of hydrogen-bond donors (Lipinski definition) is 1. The van der Waals surface area contributed by atoms with Crippen LogP contribution in [0.4, 0.5) is 0 Å². The molecule has 1 aliphatic heterocycles. The van der Waals surface area contributed by atoms with E-state index in [1.54, 1.807) is 18.7 Å². The summed E-state index contributed by atoms with van der Waals surface area (Å²) in [6.07, 6.45) is 1.49. The van der Waals surface area contributed by atoms with E-state index in [1.165, 1.54) is 0 Å². The molecule has 0 spiro atoms. The summed E-state index contributed by atoms with van der Waals surface area (Å²) < 4.78 is 11.1. The molecule has 0 fully saturated rings. The molecule has 1 aromatic rings. The molecule has 82 valence electrons. The summed E-state index contributed by atoms with van der Waals surface area (Å²) in [6, 6.07) is 3.75. The van der Waals surface area contributed by atoms with Gasteiger partial charge in [0.05, 0.1) is 11.0 Å². The van der Waals surface area contributed by atoms with Crippen molar-refractivity contribution < 1.29 is 14.6 Å². The van der Waals surface area contributed by atoms with E-state index >= 15 is 0 Å². The Morgan fingerprint density at radius 3 is 2.73 bits per heavy atom. The summed E-state index contributed by atoms with van der Waals surface area (Å²) in [5.74, 6) is 1.54. The zero-order valence-corrected chi connectivity index (χ0v) is 9.63. The van der Waals surface area contributed by atoms with Crippen LogP contribution in [0, 0.1) is 0 Å². The van der Waals surface area contributed by atoms with E-state index in [1.807, 2.05) is 18.4 Å². The molecule has 0 radical (unpaired) electrons. The van der Waals surface area contributed by atoms with Crippen molar-refractivity contribution in [1.82, 2.24) is 0 Å². The highest BCUT2D eigenvalue weighted by Gasteiger charge is 2.20. The van der Waals surface area contributed by atoms with Gasteiger partial charge in [0.2, 0.25) is 0 Å². The molecule has 0 amide bonds. The molecule has 0 aromatic heterocycles. The van der Waals surface area contributed by atoms with Gasteiger partial charge >= 0.3 is 0 Å². The Morgan fingerprint density at radius 2 is 2.07 bits per heavy atom. The second-order valence-corrected chi connectivity index (χ2v) is 4.20. The highest BCUT2D eigenvalue weighted by Crippen LogP contribution is 2.42. The lowest BCUT2D eigenvalue weighted by Crippen LogP contribution is -2.16. The Balaban J connectivity index is 2.51. The molecule has 1 N–H and O–H groups in total. The number of aliphatic hydroxyl groups excluding tert-OH is 1. The summed E-state index contributed by atoms with van der Waals surface area (Å²) in [5, 5.41) is 9.63. The fourth-order valence-corrected chi connectivity index (χ4v) is 2.46. The van der Waals surface area contributed by atoms with Crippen molar-refractivity contribution in [2.75, 3.05) is 19.5 Å². The first kappa shape index (κ1) is 10.6. The number of thioether (sulfide) groups is 1. The first-order chi connectivity index (χ1) is 7.24. The van der Waals surface area contributed by atoms with Crippen LogP contribution < -0.4 is 9.47 Å². The van der Waals surface area contributed by atoms with E-state index in [9.17, 15) is 5.11 Å². The summed E-state index contributed by atoms with van der Waals surface area (Å²) >= 11 is 1.57. The molecule has 2 rings (SSSR count). The van der Waals surface area contributed by atoms with E-state index in [-0.39, 0.29) is 0 Å². The molecule has 0 bridgehead atoms. The Bertz CT molecular complexity index is 363. The van der Waals surface area contributed by atoms with E-state index in [0.29, 0.717) is 13.2 Å². The first-order valence-electron chi connectivity index (χ1n) is 4.88. The fourth-order valence-electron chi connectivity index (χ4n) is 1.65. The van der Waals surface area contributed by atoms with Crippen molar-refractivity contribution in [3.63, 3.8) is 0 Å². The summed E-state index contributed by atoms with van der Waals surface area (Å²) in [4.78, 5) is 0.974. The van der Waals surface area contributed by atoms with Gasteiger partial charge in [-0.1, -0.05) is 6.07 Å². The quantitative estimate of drug-likeness (QED) is 0.785. The lowest BCUT2D eigenvalue weighted by Gasteiger charge is -2.23. The third-order valence-electron chi connectivity index (χ3n) is 2.35. The fraction of sp³-hybridized carbons (Fsp3) is 0.455. The maximum Gasteiger partial charge on any atom is 0.175 e. The molecule has 4 heteroatoms. The lowest BCUT2D eigenvalue weighted by molar-refractivity contribution is 0.162. The number of benzene rings is 1. The van der Waals surface area contributed by atoms with Crippen LogP contribution in [-0.4, -0.2) is 24.6 Å². The van der Waals surface area contributed by atoms with Crippen LogP contribution in [0.25, 0.3) is 0 Å². The van der Waals surface area contributed by atoms with Crippen LogP contribution in [-0.2, 0) is 0 Å². The number of fused-ring (bicyclic) bond motifs is 1. The molecule has 0 saturated carbocycles. The summed E-state index contributed by atoms with van der Waals surface area (Å²) in [6.45, 7) is 2.92. The second kappa shape index (κ2) is 4.33. The van der Waals surface area contributed by atoms with Crippen molar-refractivity contribution in [2.45, 2.75) is 17.9 Å². The normalized spacial score (nSPS) is 16.2. The van der Waals surface area contributed by atoms with Gasteiger partial charge in [-0.15, -0.1) is 11.8 Å². The molecule has 0 saturated heterocycles. The number of rotatable bonds is 2. The summed E-state index contributed by atoms with van der Waals surface area (Å²) in [5.41, 5.74) is 0.895. The Labute approximate surface area is 93.4 Å². The van der Waals surface area contributed by atoms with Gasteiger partial charge < -0.3 is 14.6 Å². The Kier molecular flexibility index (Phi) is 3.07. The van der Waals surface area contributed by atoms with E-state index in [2.05, 4.69) is 0 Å². The average Bonchev–Trinajstić information content (AvgIpc) is 2.27. The van der Waals surface area contributed by atoms with E-state index in [0.717, 1.165) is 22.0 Å². The summed E-state index contributed by atoms with van der Waals surface area (Å²) in [7, 11) is 0. The molecule has 1 aromatic carbocycles. The largest absolute Gasteiger partial charge is 0.486 e. The van der Waals surface area contributed by atoms with E-state index < -0.39 is 6.10 Å². The smallest absolute Gasteiger partial charge is 0.175 e. The van der Waals surface area contributed by atoms with Crippen LogP contribution in [0.1, 0.15) is 18.6 Å². The SMILES string of the molecule is CSc1c(C(C)O)ccc2c1OCCO2. The standard InChI is InChI=1S/C11H14O3S/c1-7(12)8-3-4-9-10(11(8)15-2)14-6-5-13-9/h3-4,7,12H,5-6H2,1-2H3. The van der Waals surface area contributed by atoms with Gasteiger partial charge in [-0.25, -0.2) is 0 Å². The van der Waals surface area contributed by atoms with Gasteiger partial charge in [-0.05, 0) is 24.8 Å². The van der Waals surface area contributed by atoms with Gasteiger partial charge in [0, 0.05) is 0 Å². The molecule has 0 aliphatic carbocycles. The Hall–Kier alpha value is -0.870. The van der Waals surface area contributed by atoms with Gasteiger partial charge in [0.25, 0.3) is 0 Å². The van der Waals surface area contributed by atoms with Crippen LogP contribution >= 0.6 is 11.8 Å². The van der Waals surface area contributed by atoms with Crippen molar-refractivity contribution in [1.29, 1.82) is 0 Å². The van der Waals surface area contributed by atoms with Gasteiger partial charge in [-0.3, -0.25) is 0 Å². The maximum absolute atomic E-state index is 9.63. The monoisotopic (exact) mass is 226 g/mol. The number of hydrogen-bond acceptors (Lipinski definition) is 4. The molecule has 3 nitrogen and oxygen atoms in total. The van der Waals surface area contributed by atoms with E-state index in [4.69, 9.17) is 9.47 Å². The van der Waals surface area contributed by atoms with Crippen molar-refractivity contribution in [3.05, 3.63) is 17.7 Å². The Morgan fingerprint density at radius 1 is 1.33 bits per heavy atom. The second-order valence-electron chi connectivity index (χ2n) is 3.39.